The predicted octanol–water partition coefficient (Wildman–Crippen LogP) is 3.74. The van der Waals surface area contributed by atoms with E-state index in [4.69, 9.17) is 25.8 Å². The standard InChI is InChI=1S/C23H30BrClFN3O5S/c1-22(2,3)35(31)28-23(13-30,16-11-15(24)5-6-18(16)34-14-32-4)17-12-19(27-21(26)20(17)25)29-7-9-33-10-8-29/h5-6,11-12,28,30H,7-10,13-14H2,1-4H3/t23-,35?/m0/s1. The average Bonchev–Trinajstić information content (AvgIpc) is 2.83. The van der Waals surface area contributed by atoms with Crippen LogP contribution >= 0.6 is 27.5 Å². The lowest BCUT2D eigenvalue weighted by Crippen LogP contribution is -2.54. The lowest BCUT2D eigenvalue weighted by molar-refractivity contribution is 0.0489. The maximum atomic E-state index is 15.2. The highest BCUT2D eigenvalue weighted by molar-refractivity contribution is 9.10. The van der Waals surface area contributed by atoms with Gasteiger partial charge in [-0.2, -0.15) is 4.39 Å². The van der Waals surface area contributed by atoms with Crippen LogP contribution in [0.5, 0.6) is 5.75 Å². The van der Waals surface area contributed by atoms with E-state index in [-0.39, 0.29) is 17.4 Å². The van der Waals surface area contributed by atoms with Crippen molar-refractivity contribution in [1.82, 2.24) is 9.71 Å². The molecular weight excluding hydrogens is 565 g/mol. The van der Waals surface area contributed by atoms with Crippen LogP contribution in [-0.2, 0) is 26.4 Å². The third-order valence-electron chi connectivity index (χ3n) is 5.49. The molecule has 2 aromatic rings. The van der Waals surface area contributed by atoms with E-state index in [2.05, 4.69) is 25.6 Å². The first-order valence-corrected chi connectivity index (χ1v) is 13.3. The van der Waals surface area contributed by atoms with Gasteiger partial charge in [0.15, 0.2) is 6.79 Å². The first kappa shape index (κ1) is 28.4. The number of benzene rings is 1. The van der Waals surface area contributed by atoms with Gasteiger partial charge in [0.05, 0.1) is 19.8 Å². The molecule has 1 unspecified atom stereocenters. The van der Waals surface area contributed by atoms with E-state index in [1.165, 1.54) is 7.11 Å². The Morgan fingerprint density at radius 1 is 1.29 bits per heavy atom. The van der Waals surface area contributed by atoms with Gasteiger partial charge in [-0.15, -0.1) is 4.72 Å². The molecule has 0 bridgehead atoms. The lowest BCUT2D eigenvalue weighted by Gasteiger charge is -2.38. The molecular formula is C23H30BrClFN3O5S. The number of ether oxygens (including phenoxy) is 3. The van der Waals surface area contributed by atoms with E-state index in [1.807, 2.05) is 4.90 Å². The molecule has 0 saturated carbocycles. The molecule has 1 aliphatic rings. The Morgan fingerprint density at radius 2 is 1.97 bits per heavy atom. The Hall–Kier alpha value is -1.18. The third-order valence-corrected chi connectivity index (χ3v) is 7.99. The Labute approximate surface area is 221 Å². The summed E-state index contributed by atoms with van der Waals surface area (Å²) in [6.45, 7) is 6.65. The number of nitrogens with zero attached hydrogens (tertiary/aromatic N) is 2. The number of methoxy groups -OCH3 is 1. The summed E-state index contributed by atoms with van der Waals surface area (Å²) in [6, 6.07) is 6.75. The number of aliphatic hydroxyl groups excluding tert-OH is 1. The van der Waals surface area contributed by atoms with Gasteiger partial charge in [-0.05, 0) is 45.0 Å². The van der Waals surface area contributed by atoms with Crippen LogP contribution in [0.3, 0.4) is 0 Å². The molecule has 2 heterocycles. The second-order valence-electron chi connectivity index (χ2n) is 8.97. The molecule has 1 aromatic heterocycles. The topological polar surface area (TPSA) is 99.1 Å². The Balaban J connectivity index is 2.29. The molecule has 35 heavy (non-hydrogen) atoms. The molecule has 0 spiro atoms. The summed E-state index contributed by atoms with van der Waals surface area (Å²) in [7, 11) is 1.48. The minimum Gasteiger partial charge on any atom is -0.598 e. The van der Waals surface area contributed by atoms with Gasteiger partial charge in [-0.25, -0.2) is 4.98 Å². The van der Waals surface area contributed by atoms with E-state index in [9.17, 15) is 9.66 Å². The molecule has 194 valence electrons. The molecule has 1 aliphatic heterocycles. The number of rotatable bonds is 9. The molecule has 12 heteroatoms. The van der Waals surface area contributed by atoms with E-state index in [0.717, 1.165) is 0 Å². The third kappa shape index (κ3) is 6.40. The van der Waals surface area contributed by atoms with Crippen molar-refractivity contribution in [1.29, 1.82) is 0 Å². The fourth-order valence-corrected chi connectivity index (χ4v) is 5.13. The van der Waals surface area contributed by atoms with Gasteiger partial charge in [0, 0.05) is 47.2 Å². The number of aliphatic hydroxyl groups is 1. The quantitative estimate of drug-likeness (QED) is 0.257. The SMILES string of the molecule is COCOc1ccc(Br)cc1[C@](CO)(N[S+]([O-])C(C)(C)C)c1cc(N2CCOCC2)nc(F)c1Cl. The molecule has 2 N–H and O–H groups in total. The van der Waals surface area contributed by atoms with E-state index in [0.29, 0.717) is 47.9 Å². The van der Waals surface area contributed by atoms with Crippen LogP contribution in [0.4, 0.5) is 10.2 Å². The summed E-state index contributed by atoms with van der Waals surface area (Å²) >= 11 is 8.26. The maximum absolute atomic E-state index is 15.2. The number of anilines is 1. The van der Waals surface area contributed by atoms with Crippen molar-refractivity contribution in [3.63, 3.8) is 0 Å². The van der Waals surface area contributed by atoms with Gasteiger partial charge in [-0.3, -0.25) is 0 Å². The largest absolute Gasteiger partial charge is 0.598 e. The molecule has 1 saturated heterocycles. The van der Waals surface area contributed by atoms with Gasteiger partial charge in [0.1, 0.15) is 26.9 Å². The molecule has 0 aliphatic carbocycles. The highest BCUT2D eigenvalue weighted by Crippen LogP contribution is 2.43. The van der Waals surface area contributed by atoms with Crippen LogP contribution < -0.4 is 14.4 Å². The smallest absolute Gasteiger partial charge is 0.233 e. The second-order valence-corrected chi connectivity index (χ2v) is 12.2. The summed E-state index contributed by atoms with van der Waals surface area (Å²) in [5.74, 6) is -0.231. The highest BCUT2D eigenvalue weighted by Gasteiger charge is 2.46. The van der Waals surface area contributed by atoms with Crippen molar-refractivity contribution < 1.29 is 28.3 Å². The zero-order valence-electron chi connectivity index (χ0n) is 20.1. The van der Waals surface area contributed by atoms with E-state index < -0.39 is 34.2 Å². The number of hydrogen-bond acceptors (Lipinski definition) is 8. The van der Waals surface area contributed by atoms with Crippen LogP contribution in [0.25, 0.3) is 0 Å². The summed E-state index contributed by atoms with van der Waals surface area (Å²) in [4.78, 5) is 5.92. The van der Waals surface area contributed by atoms with Crippen LogP contribution in [-0.4, -0.2) is 66.2 Å². The summed E-state index contributed by atoms with van der Waals surface area (Å²) in [5.41, 5.74) is -1.05. The number of morpholine rings is 1. The Kier molecular flexibility index (Phi) is 9.66. The molecule has 1 fully saturated rings. The molecule has 3 rings (SSSR count). The molecule has 2 atom stereocenters. The highest BCUT2D eigenvalue weighted by atomic mass is 79.9. The zero-order chi connectivity index (χ0) is 25.8. The van der Waals surface area contributed by atoms with Gasteiger partial charge < -0.3 is 28.8 Å². The van der Waals surface area contributed by atoms with Gasteiger partial charge in [0.25, 0.3) is 0 Å². The number of hydrogen-bond donors (Lipinski definition) is 2. The first-order valence-electron chi connectivity index (χ1n) is 10.9. The van der Waals surface area contributed by atoms with Crippen molar-refractivity contribution in [3.8, 4) is 5.75 Å². The van der Waals surface area contributed by atoms with Crippen LogP contribution in [0.15, 0.2) is 28.7 Å². The molecule has 0 amide bonds. The van der Waals surface area contributed by atoms with Crippen LogP contribution in [0, 0.1) is 5.95 Å². The van der Waals surface area contributed by atoms with Crippen molar-refractivity contribution in [2.45, 2.75) is 31.1 Å². The van der Waals surface area contributed by atoms with Crippen molar-refractivity contribution >= 4 is 44.7 Å². The number of halogens is 3. The lowest BCUT2D eigenvalue weighted by atomic mass is 9.84. The number of pyridine rings is 1. The Bertz CT molecular complexity index is 1030. The summed E-state index contributed by atoms with van der Waals surface area (Å²) in [6.07, 6.45) is 0. The fourth-order valence-electron chi connectivity index (χ4n) is 3.60. The first-order chi connectivity index (χ1) is 16.5. The Morgan fingerprint density at radius 3 is 2.57 bits per heavy atom. The summed E-state index contributed by atoms with van der Waals surface area (Å²) < 4.78 is 47.9. The predicted molar refractivity (Wildman–Crippen MR) is 138 cm³/mol. The van der Waals surface area contributed by atoms with Gasteiger partial charge in [-0.1, -0.05) is 27.5 Å². The van der Waals surface area contributed by atoms with Crippen molar-refractivity contribution in [2.75, 3.05) is 51.7 Å². The monoisotopic (exact) mass is 593 g/mol. The van der Waals surface area contributed by atoms with Gasteiger partial charge in [0.2, 0.25) is 5.95 Å². The normalized spacial score (nSPS) is 17.2. The van der Waals surface area contributed by atoms with Crippen molar-refractivity contribution in [3.05, 3.63) is 50.8 Å². The minimum atomic E-state index is -1.70. The van der Waals surface area contributed by atoms with Gasteiger partial charge >= 0.3 is 0 Å². The maximum Gasteiger partial charge on any atom is 0.233 e. The van der Waals surface area contributed by atoms with Crippen molar-refractivity contribution in [2.24, 2.45) is 0 Å². The average molecular weight is 595 g/mol. The van der Waals surface area contributed by atoms with E-state index >= 15 is 4.39 Å². The number of nitrogens with one attached hydrogen (secondary N) is 1. The van der Waals surface area contributed by atoms with E-state index in [1.54, 1.807) is 45.0 Å². The van der Waals surface area contributed by atoms with Crippen LogP contribution in [0.1, 0.15) is 31.9 Å². The minimum absolute atomic E-state index is 0.0734. The zero-order valence-corrected chi connectivity index (χ0v) is 23.2. The fraction of sp³-hybridized carbons (Fsp3) is 0.522. The molecule has 0 radical (unpaired) electrons. The second kappa shape index (κ2) is 11.9. The molecule has 1 aromatic carbocycles. The number of aromatic nitrogens is 1. The van der Waals surface area contributed by atoms with Crippen LogP contribution in [0.2, 0.25) is 5.02 Å². The molecule has 8 nitrogen and oxygen atoms in total. The summed E-state index contributed by atoms with van der Waals surface area (Å²) in [5, 5.41) is 10.6.